The van der Waals surface area contributed by atoms with Gasteiger partial charge in [0, 0.05) is 12.1 Å². The Morgan fingerprint density at radius 3 is 0.737 bits per heavy atom. The summed E-state index contributed by atoms with van der Waals surface area (Å²) in [4.78, 5) is 0. The Morgan fingerprint density at radius 2 is 0.500 bits per heavy atom. The lowest BCUT2D eigenvalue weighted by Gasteiger charge is -2.11. The van der Waals surface area contributed by atoms with Crippen molar-refractivity contribution >= 4 is 0 Å². The second-order valence-corrected chi connectivity index (χ2v) is 8.02. The van der Waals surface area contributed by atoms with Gasteiger partial charge in [-0.2, -0.15) is 0 Å². The molecule has 1 heterocycles. The Labute approximate surface area is 224 Å². The van der Waals surface area contributed by atoms with Crippen molar-refractivity contribution in [1.29, 1.82) is 0 Å². The number of fused-ring (bicyclic) bond motifs is 4. The van der Waals surface area contributed by atoms with E-state index in [2.05, 4.69) is 0 Å². The first kappa shape index (κ1) is 29.9. The predicted molar refractivity (Wildman–Crippen MR) is 140 cm³/mol. The molecule has 0 atom stereocenters. The van der Waals surface area contributed by atoms with Crippen LogP contribution in [0.2, 0.25) is 0 Å². The van der Waals surface area contributed by atoms with Gasteiger partial charge >= 0.3 is 0 Å². The van der Waals surface area contributed by atoms with Gasteiger partial charge in [0.2, 0.25) is 0 Å². The first-order valence-corrected chi connectivity index (χ1v) is 13.1. The van der Waals surface area contributed by atoms with Crippen LogP contribution in [0.3, 0.4) is 0 Å². The minimum Gasteiger partial charge on any atom is -0.491 e. The van der Waals surface area contributed by atoms with Gasteiger partial charge in [-0.25, -0.2) is 0 Å². The molecule has 0 saturated carbocycles. The van der Waals surface area contributed by atoms with Crippen LogP contribution in [0, 0.1) is 0 Å². The van der Waals surface area contributed by atoms with Crippen LogP contribution >= 0.6 is 0 Å². The van der Waals surface area contributed by atoms with Gasteiger partial charge in [-0.1, -0.05) is 12.1 Å². The molecule has 0 N–H and O–H groups in total. The van der Waals surface area contributed by atoms with Crippen LogP contribution in [0.25, 0.3) is 0 Å². The highest BCUT2D eigenvalue weighted by atomic mass is 16.6. The predicted octanol–water partition coefficient (Wildman–Crippen LogP) is 3.02. The quantitative estimate of drug-likeness (QED) is 0.500. The van der Waals surface area contributed by atoms with E-state index in [0.717, 1.165) is 23.0 Å². The molecule has 0 radical (unpaired) electrons. The molecule has 0 spiro atoms. The lowest BCUT2D eigenvalue weighted by molar-refractivity contribution is 0.00434. The van der Waals surface area contributed by atoms with Crippen LogP contribution in [0.5, 0.6) is 23.0 Å². The van der Waals surface area contributed by atoms with E-state index in [9.17, 15) is 0 Å². The summed E-state index contributed by atoms with van der Waals surface area (Å²) in [5, 5.41) is 0. The number of hydrogen-bond donors (Lipinski definition) is 0. The fraction of sp³-hybridized carbons (Fsp3) is 0.571. The molecule has 1 aliphatic heterocycles. The van der Waals surface area contributed by atoms with E-state index in [1.54, 1.807) is 0 Å². The van der Waals surface area contributed by atoms with Gasteiger partial charge in [0.15, 0.2) is 0 Å². The summed E-state index contributed by atoms with van der Waals surface area (Å²) < 4.78 is 56.2. The van der Waals surface area contributed by atoms with Crippen molar-refractivity contribution in [3.05, 3.63) is 48.5 Å². The molecule has 0 aromatic heterocycles. The minimum atomic E-state index is 0.440. The topological polar surface area (TPSA) is 92.3 Å². The smallest absolute Gasteiger partial charge is 0.123 e. The maximum Gasteiger partial charge on any atom is 0.123 e. The third-order valence-corrected chi connectivity index (χ3v) is 5.08. The molecule has 3 rings (SSSR count). The van der Waals surface area contributed by atoms with E-state index >= 15 is 0 Å². The van der Waals surface area contributed by atoms with Crippen LogP contribution in [0.4, 0.5) is 0 Å². The average molecular weight is 537 g/mol. The maximum atomic E-state index is 5.73. The first-order chi connectivity index (χ1) is 18.9. The number of rotatable bonds is 0. The van der Waals surface area contributed by atoms with Crippen molar-refractivity contribution in [2.75, 3.05) is 106 Å². The largest absolute Gasteiger partial charge is 0.491 e. The maximum absolute atomic E-state index is 5.73. The van der Waals surface area contributed by atoms with Gasteiger partial charge < -0.3 is 47.4 Å². The Balaban J connectivity index is 1.34. The normalized spacial score (nSPS) is 19.2. The standard InChI is InChI=1S/C28H40O10/c1-3-25-23-26(4-1)36-20-16-32-12-8-30-10-14-34-18-22-38-28-6-2-5-27(24-28)37-21-17-33-13-9-29-7-11-31-15-19-35-25/h1-6,23-24H,7-22H2. The second-order valence-electron chi connectivity index (χ2n) is 8.02. The third-order valence-electron chi connectivity index (χ3n) is 5.08. The molecule has 1 aliphatic rings. The molecule has 0 amide bonds. The zero-order valence-corrected chi connectivity index (χ0v) is 22.0. The molecule has 10 nitrogen and oxygen atoms in total. The van der Waals surface area contributed by atoms with Crippen molar-refractivity contribution in [1.82, 2.24) is 0 Å². The molecule has 38 heavy (non-hydrogen) atoms. The van der Waals surface area contributed by atoms with E-state index in [0.29, 0.717) is 106 Å². The second kappa shape index (κ2) is 20.4. The molecule has 10 heteroatoms. The molecule has 0 fully saturated rings. The van der Waals surface area contributed by atoms with Gasteiger partial charge in [0.05, 0.1) is 79.3 Å². The molecule has 0 aliphatic carbocycles. The van der Waals surface area contributed by atoms with Crippen molar-refractivity contribution in [3.8, 4) is 23.0 Å². The van der Waals surface area contributed by atoms with Crippen molar-refractivity contribution in [2.24, 2.45) is 0 Å². The fourth-order valence-electron chi connectivity index (χ4n) is 3.27. The van der Waals surface area contributed by atoms with E-state index in [1.807, 2.05) is 48.5 Å². The van der Waals surface area contributed by atoms with E-state index in [-0.39, 0.29) is 0 Å². The van der Waals surface area contributed by atoms with E-state index in [1.165, 1.54) is 0 Å². The Bertz CT molecular complexity index is 722. The minimum absolute atomic E-state index is 0.440. The summed E-state index contributed by atoms with van der Waals surface area (Å²) in [7, 11) is 0. The van der Waals surface area contributed by atoms with E-state index < -0.39 is 0 Å². The highest BCUT2D eigenvalue weighted by Gasteiger charge is 2.01. The fourth-order valence-corrected chi connectivity index (χ4v) is 3.27. The highest BCUT2D eigenvalue weighted by molar-refractivity contribution is 5.33. The molecule has 0 saturated heterocycles. The Morgan fingerprint density at radius 1 is 0.289 bits per heavy atom. The van der Waals surface area contributed by atoms with Crippen LogP contribution < -0.4 is 18.9 Å². The molecule has 4 bridgehead atoms. The van der Waals surface area contributed by atoms with Crippen molar-refractivity contribution < 1.29 is 47.4 Å². The SMILES string of the molecule is c1cc2cc(c1)OCCOCCOCCOCCOc1cccc(c1)OCCOCCOCCOCCO2. The number of hydrogen-bond acceptors (Lipinski definition) is 10. The summed E-state index contributed by atoms with van der Waals surface area (Å²) in [5.41, 5.74) is 0. The molecule has 2 aromatic rings. The lowest BCUT2D eigenvalue weighted by Crippen LogP contribution is -2.14. The third kappa shape index (κ3) is 14.4. The molecule has 2 aromatic carbocycles. The molecular formula is C28H40O10. The summed E-state index contributed by atoms with van der Waals surface area (Å²) in [6.07, 6.45) is 0. The van der Waals surface area contributed by atoms with Crippen LogP contribution in [0.1, 0.15) is 0 Å². The summed E-state index contributed by atoms with van der Waals surface area (Å²) in [6, 6.07) is 15.0. The van der Waals surface area contributed by atoms with Gasteiger partial charge in [-0.15, -0.1) is 0 Å². The summed E-state index contributed by atoms with van der Waals surface area (Å²) in [6.45, 7) is 7.58. The zero-order valence-electron chi connectivity index (χ0n) is 22.0. The molecular weight excluding hydrogens is 496 g/mol. The Kier molecular flexibility index (Phi) is 16.1. The summed E-state index contributed by atoms with van der Waals surface area (Å²) >= 11 is 0. The Hall–Kier alpha value is -2.60. The number of ether oxygens (including phenoxy) is 10. The van der Waals surface area contributed by atoms with Gasteiger partial charge in [-0.05, 0) is 24.3 Å². The monoisotopic (exact) mass is 536 g/mol. The van der Waals surface area contributed by atoms with Gasteiger partial charge in [-0.3, -0.25) is 0 Å². The number of benzene rings is 2. The highest BCUT2D eigenvalue weighted by Crippen LogP contribution is 2.20. The molecule has 212 valence electrons. The van der Waals surface area contributed by atoms with Gasteiger partial charge in [0.25, 0.3) is 0 Å². The van der Waals surface area contributed by atoms with E-state index in [4.69, 9.17) is 47.4 Å². The lowest BCUT2D eigenvalue weighted by atomic mass is 10.3. The van der Waals surface area contributed by atoms with Crippen molar-refractivity contribution in [2.45, 2.75) is 0 Å². The van der Waals surface area contributed by atoms with Crippen molar-refractivity contribution in [3.63, 3.8) is 0 Å². The van der Waals surface area contributed by atoms with Gasteiger partial charge in [0.1, 0.15) is 49.4 Å². The summed E-state index contributed by atoms with van der Waals surface area (Å²) in [5.74, 6) is 2.91. The zero-order chi connectivity index (χ0) is 26.4. The van der Waals surface area contributed by atoms with Crippen LogP contribution in [-0.2, 0) is 28.4 Å². The first-order valence-electron chi connectivity index (χ1n) is 13.1. The molecule has 0 unspecified atom stereocenters. The van der Waals surface area contributed by atoms with Crippen LogP contribution in [-0.4, -0.2) is 106 Å². The average Bonchev–Trinajstić information content (AvgIpc) is 2.94. The van der Waals surface area contributed by atoms with Crippen LogP contribution in [0.15, 0.2) is 48.5 Å².